The molecule has 4 unspecified atom stereocenters. The minimum absolute atomic E-state index is 0.0177. The van der Waals surface area contributed by atoms with E-state index in [0.29, 0.717) is 24.4 Å². The molecule has 1 aromatic carbocycles. The molecule has 0 bridgehead atoms. The van der Waals surface area contributed by atoms with Crippen LogP contribution in [0.25, 0.3) is 0 Å². The molecular formula is C26H42BNO4. The lowest BCUT2D eigenvalue weighted by Gasteiger charge is -2.32. The summed E-state index contributed by atoms with van der Waals surface area (Å²) in [6, 6.07) is 9.94. The van der Waals surface area contributed by atoms with Gasteiger partial charge in [-0.15, -0.1) is 0 Å². The van der Waals surface area contributed by atoms with E-state index < -0.39 is 0 Å². The number of rotatable bonds is 7. The molecule has 5 nitrogen and oxygen atoms in total. The highest BCUT2D eigenvalue weighted by atomic mass is 16.7. The zero-order valence-electron chi connectivity index (χ0n) is 20.9. The largest absolute Gasteiger partial charge is 0.461 e. The molecule has 0 amide bonds. The van der Waals surface area contributed by atoms with Crippen molar-refractivity contribution in [3.05, 3.63) is 35.9 Å². The molecule has 2 saturated heterocycles. The quantitative estimate of drug-likeness (QED) is 0.469. The molecule has 1 aliphatic carbocycles. The van der Waals surface area contributed by atoms with E-state index in [9.17, 15) is 4.79 Å². The van der Waals surface area contributed by atoms with Crippen molar-refractivity contribution in [3.63, 3.8) is 0 Å². The highest BCUT2D eigenvalue weighted by Crippen LogP contribution is 2.47. The number of benzene rings is 1. The number of hydrogen-bond acceptors (Lipinski definition) is 5. The zero-order valence-corrected chi connectivity index (χ0v) is 20.9. The van der Waals surface area contributed by atoms with Gasteiger partial charge in [-0.25, -0.2) is 0 Å². The van der Waals surface area contributed by atoms with E-state index in [2.05, 4.69) is 33.0 Å². The summed E-state index contributed by atoms with van der Waals surface area (Å²) in [7, 11) is -0.155. The van der Waals surface area contributed by atoms with E-state index in [1.807, 2.05) is 44.2 Å². The number of carbonyl (C=O) groups is 1. The van der Waals surface area contributed by atoms with Gasteiger partial charge in [-0.3, -0.25) is 4.79 Å². The molecule has 2 aliphatic heterocycles. The van der Waals surface area contributed by atoms with Crippen LogP contribution in [0.4, 0.5) is 0 Å². The summed E-state index contributed by atoms with van der Waals surface area (Å²) < 4.78 is 18.0. The Balaban J connectivity index is 0.00000141. The fourth-order valence-corrected chi connectivity index (χ4v) is 5.44. The molecule has 4 rings (SSSR count). The van der Waals surface area contributed by atoms with Gasteiger partial charge in [0.05, 0.1) is 17.1 Å². The fourth-order valence-electron chi connectivity index (χ4n) is 5.44. The number of carbonyl (C=O) groups excluding carboxylic acids is 1. The molecule has 1 N–H and O–H groups in total. The summed E-state index contributed by atoms with van der Waals surface area (Å²) in [4.78, 5) is 13.0. The molecule has 32 heavy (non-hydrogen) atoms. The minimum atomic E-state index is -0.282. The predicted octanol–water partition coefficient (Wildman–Crippen LogP) is 5.10. The summed E-state index contributed by atoms with van der Waals surface area (Å²) in [6.07, 6.45) is 3.86. The van der Waals surface area contributed by atoms with Crippen molar-refractivity contribution in [3.8, 4) is 0 Å². The molecule has 1 saturated carbocycles. The van der Waals surface area contributed by atoms with Crippen LogP contribution in [0.15, 0.2) is 30.3 Å². The van der Waals surface area contributed by atoms with Crippen LogP contribution in [-0.4, -0.2) is 37.4 Å². The second-order valence-electron chi connectivity index (χ2n) is 10.3. The Morgan fingerprint density at radius 1 is 1.09 bits per heavy atom. The van der Waals surface area contributed by atoms with Crippen molar-refractivity contribution in [1.82, 2.24) is 5.32 Å². The average molecular weight is 443 g/mol. The maximum Gasteiger partial charge on any atom is 0.457 e. The van der Waals surface area contributed by atoms with Crippen molar-refractivity contribution in [2.45, 2.75) is 84.9 Å². The van der Waals surface area contributed by atoms with E-state index in [4.69, 9.17) is 14.0 Å². The molecule has 3 fully saturated rings. The van der Waals surface area contributed by atoms with Crippen molar-refractivity contribution in [1.29, 1.82) is 0 Å². The molecular weight excluding hydrogens is 401 g/mol. The molecule has 4 atom stereocenters. The topological polar surface area (TPSA) is 56.8 Å². The second kappa shape index (κ2) is 10.7. The zero-order chi connectivity index (χ0) is 23.4. The lowest BCUT2D eigenvalue weighted by Crippen LogP contribution is -2.41. The summed E-state index contributed by atoms with van der Waals surface area (Å²) in [6.45, 7) is 14.8. The molecule has 0 spiro atoms. The van der Waals surface area contributed by atoms with Crippen LogP contribution in [0.3, 0.4) is 0 Å². The Labute approximate surface area is 195 Å². The van der Waals surface area contributed by atoms with Gasteiger partial charge in [0.15, 0.2) is 0 Å². The second-order valence-corrected chi connectivity index (χ2v) is 10.3. The smallest absolute Gasteiger partial charge is 0.457 e. The summed E-state index contributed by atoms with van der Waals surface area (Å²) in [5.74, 6) is 1.56. The van der Waals surface area contributed by atoms with Gasteiger partial charge in [-0.1, -0.05) is 50.6 Å². The lowest BCUT2D eigenvalue weighted by molar-refractivity contribution is -0.151. The van der Waals surface area contributed by atoms with Crippen molar-refractivity contribution in [2.75, 3.05) is 13.1 Å². The van der Waals surface area contributed by atoms with E-state index in [1.54, 1.807) is 0 Å². The molecule has 6 heteroatoms. The first-order valence-corrected chi connectivity index (χ1v) is 12.5. The van der Waals surface area contributed by atoms with Crippen LogP contribution in [-0.2, 0) is 25.4 Å². The molecule has 0 radical (unpaired) electrons. The molecule has 1 aromatic rings. The van der Waals surface area contributed by atoms with Crippen LogP contribution in [0, 0.1) is 23.7 Å². The van der Waals surface area contributed by atoms with Crippen molar-refractivity contribution >= 4 is 13.1 Å². The molecule has 2 heterocycles. The first kappa shape index (κ1) is 25.3. The van der Waals surface area contributed by atoms with Gasteiger partial charge < -0.3 is 19.4 Å². The average Bonchev–Trinajstić information content (AvgIpc) is 3.41. The first-order chi connectivity index (χ1) is 15.3. The Kier molecular flexibility index (Phi) is 8.45. The van der Waals surface area contributed by atoms with Crippen molar-refractivity contribution in [2.24, 2.45) is 23.7 Å². The summed E-state index contributed by atoms with van der Waals surface area (Å²) in [5, 5.41) is 3.52. The standard InChI is InChI=1S/C24H36BNO4.C2H6/c1-23(2)24(3,4)30-25(29-23)12-8-11-19-20(13-18-14-26-15-21(18)19)22(27)28-16-17-9-6-5-7-10-17;1-2/h5-7,9-10,18-21,26H,8,11-16H2,1-4H3;1-2H3. The Bertz CT molecular complexity index is 723. The van der Waals surface area contributed by atoms with E-state index >= 15 is 0 Å². The normalized spacial score (nSPS) is 29.9. The Morgan fingerprint density at radius 3 is 2.41 bits per heavy atom. The number of fused-ring (bicyclic) bond motifs is 1. The van der Waals surface area contributed by atoms with Crippen LogP contribution in [0.1, 0.15) is 66.4 Å². The fraction of sp³-hybridized carbons (Fsp3) is 0.731. The van der Waals surface area contributed by atoms with E-state index in [-0.39, 0.29) is 30.2 Å². The Hall–Kier alpha value is -1.37. The van der Waals surface area contributed by atoms with Gasteiger partial charge >= 0.3 is 13.1 Å². The highest BCUT2D eigenvalue weighted by Gasteiger charge is 2.51. The third-order valence-electron chi connectivity index (χ3n) is 7.82. The van der Waals surface area contributed by atoms with Gasteiger partial charge in [0.1, 0.15) is 6.61 Å². The van der Waals surface area contributed by atoms with Gasteiger partial charge in [0.2, 0.25) is 0 Å². The molecule has 0 aromatic heterocycles. The highest BCUT2D eigenvalue weighted by molar-refractivity contribution is 6.45. The first-order valence-electron chi connectivity index (χ1n) is 12.5. The van der Waals surface area contributed by atoms with Gasteiger partial charge in [0, 0.05) is 0 Å². The SMILES string of the molecule is CC.CC1(C)OB(CCCC2C(C(=O)OCc3ccccc3)CC3CNCC32)OC1(C)C. The van der Waals surface area contributed by atoms with Crippen LogP contribution in [0.5, 0.6) is 0 Å². The molecule has 3 aliphatic rings. The van der Waals surface area contributed by atoms with Crippen LogP contribution in [0.2, 0.25) is 6.32 Å². The third-order valence-corrected chi connectivity index (χ3v) is 7.82. The van der Waals surface area contributed by atoms with E-state index in [1.165, 1.54) is 0 Å². The maximum absolute atomic E-state index is 13.0. The lowest BCUT2D eigenvalue weighted by atomic mass is 9.77. The Morgan fingerprint density at radius 2 is 1.75 bits per heavy atom. The monoisotopic (exact) mass is 443 g/mol. The van der Waals surface area contributed by atoms with Crippen LogP contribution >= 0.6 is 0 Å². The maximum atomic E-state index is 13.0. The number of ether oxygens (including phenoxy) is 1. The number of nitrogens with one attached hydrogen (secondary N) is 1. The van der Waals surface area contributed by atoms with Gasteiger partial charge in [-0.2, -0.15) is 0 Å². The predicted molar refractivity (Wildman–Crippen MR) is 129 cm³/mol. The summed E-state index contributed by atoms with van der Waals surface area (Å²) >= 11 is 0. The number of hydrogen-bond donors (Lipinski definition) is 1. The third kappa shape index (κ3) is 5.57. The van der Waals surface area contributed by atoms with Crippen molar-refractivity contribution < 1.29 is 18.8 Å². The minimum Gasteiger partial charge on any atom is -0.461 e. The van der Waals surface area contributed by atoms with Gasteiger partial charge in [0.25, 0.3) is 0 Å². The molecule has 178 valence electrons. The van der Waals surface area contributed by atoms with Crippen LogP contribution < -0.4 is 5.32 Å². The van der Waals surface area contributed by atoms with E-state index in [0.717, 1.165) is 44.2 Å². The summed E-state index contributed by atoms with van der Waals surface area (Å²) in [5.41, 5.74) is 0.480. The van der Waals surface area contributed by atoms with Gasteiger partial charge in [-0.05, 0) is 83.3 Å². The number of esters is 1.